The lowest BCUT2D eigenvalue weighted by Crippen LogP contribution is -2.14. The minimum Gasteiger partial charge on any atom is -0.493 e. The summed E-state index contributed by atoms with van der Waals surface area (Å²) >= 11 is 5.66. The molecule has 0 N–H and O–H groups in total. The molecule has 1 aromatic rings. The Bertz CT molecular complexity index is 366. The molecule has 0 atom stereocenters. The van der Waals surface area contributed by atoms with Crippen molar-refractivity contribution in [1.82, 2.24) is 0 Å². The maximum atomic E-state index is 5.92. The van der Waals surface area contributed by atoms with Gasteiger partial charge in [0, 0.05) is 5.88 Å². The Labute approximate surface area is 116 Å². The summed E-state index contributed by atoms with van der Waals surface area (Å²) in [5, 5.41) is 0. The molecule has 1 aromatic carbocycles. The highest BCUT2D eigenvalue weighted by atomic mass is 35.5. The fourth-order valence-corrected chi connectivity index (χ4v) is 2.10. The van der Waals surface area contributed by atoms with Crippen LogP contribution in [0.4, 0.5) is 0 Å². The molecule has 2 heteroatoms. The Morgan fingerprint density at radius 1 is 1.11 bits per heavy atom. The molecule has 0 radical (unpaired) electrons. The van der Waals surface area contributed by atoms with Crippen molar-refractivity contribution in [3.8, 4) is 5.75 Å². The summed E-state index contributed by atoms with van der Waals surface area (Å²) in [4.78, 5) is 0. The van der Waals surface area contributed by atoms with E-state index in [1.807, 2.05) is 0 Å². The number of hydrogen-bond donors (Lipinski definition) is 0. The zero-order valence-corrected chi connectivity index (χ0v) is 12.8. The number of hydrogen-bond acceptors (Lipinski definition) is 1. The van der Waals surface area contributed by atoms with Gasteiger partial charge < -0.3 is 4.74 Å². The van der Waals surface area contributed by atoms with Gasteiger partial charge in [-0.3, -0.25) is 0 Å². The van der Waals surface area contributed by atoms with Crippen LogP contribution in [0.1, 0.15) is 51.2 Å². The van der Waals surface area contributed by atoms with E-state index in [1.54, 1.807) is 0 Å². The molecule has 0 bridgehead atoms. The number of unbranched alkanes of at least 4 members (excludes halogenated alkanes) is 2. The summed E-state index contributed by atoms with van der Waals surface area (Å²) in [6.07, 6.45) is 3.29. The summed E-state index contributed by atoms with van der Waals surface area (Å²) in [6.45, 7) is 9.58. The predicted octanol–water partition coefficient (Wildman–Crippen LogP) is 5.08. The van der Waals surface area contributed by atoms with E-state index in [9.17, 15) is 0 Å². The summed E-state index contributed by atoms with van der Waals surface area (Å²) in [5.74, 6) is 1.77. The number of rotatable bonds is 6. The van der Waals surface area contributed by atoms with E-state index >= 15 is 0 Å². The Morgan fingerprint density at radius 3 is 2.44 bits per heavy atom. The van der Waals surface area contributed by atoms with Crippen LogP contribution in [0.3, 0.4) is 0 Å². The normalized spacial score (nSPS) is 11.6. The van der Waals surface area contributed by atoms with E-state index < -0.39 is 0 Å². The third-order valence-electron chi connectivity index (χ3n) is 2.98. The lowest BCUT2D eigenvalue weighted by atomic mass is 9.85. The molecule has 0 saturated carbocycles. The Hall–Kier alpha value is -0.690. The minimum atomic E-state index is 0.123. The summed E-state index contributed by atoms with van der Waals surface area (Å²) < 4.78 is 5.92. The molecule has 1 rings (SSSR count). The Kier molecular flexibility index (Phi) is 6.01. The van der Waals surface area contributed by atoms with E-state index in [-0.39, 0.29) is 5.41 Å². The summed E-state index contributed by atoms with van der Waals surface area (Å²) in [5.41, 5.74) is 2.70. The van der Waals surface area contributed by atoms with Crippen LogP contribution in [-0.4, -0.2) is 12.5 Å². The van der Waals surface area contributed by atoms with Crippen molar-refractivity contribution < 1.29 is 4.74 Å². The first-order valence-electron chi connectivity index (χ1n) is 6.75. The number of ether oxygens (including phenoxy) is 1. The van der Waals surface area contributed by atoms with Crippen molar-refractivity contribution in [2.75, 3.05) is 12.5 Å². The molecule has 102 valence electrons. The first-order chi connectivity index (χ1) is 8.45. The van der Waals surface area contributed by atoms with Crippen molar-refractivity contribution in [1.29, 1.82) is 0 Å². The number of alkyl halides is 1. The molecule has 0 heterocycles. The zero-order chi connectivity index (χ0) is 13.6. The standard InChI is InChI=1S/C16H25ClO/c1-13-8-9-15(14(12-13)16(2,3)4)18-11-7-5-6-10-17/h8-9,12H,5-7,10-11H2,1-4H3. The van der Waals surface area contributed by atoms with Crippen LogP contribution in [0.25, 0.3) is 0 Å². The number of aryl methyl sites for hydroxylation is 1. The average Bonchev–Trinajstić information content (AvgIpc) is 2.29. The van der Waals surface area contributed by atoms with E-state index in [2.05, 4.69) is 45.9 Å². The summed E-state index contributed by atoms with van der Waals surface area (Å²) in [7, 11) is 0. The molecule has 18 heavy (non-hydrogen) atoms. The summed E-state index contributed by atoms with van der Waals surface area (Å²) in [6, 6.07) is 6.44. The van der Waals surface area contributed by atoms with Crippen LogP contribution in [0.15, 0.2) is 18.2 Å². The van der Waals surface area contributed by atoms with E-state index in [0.717, 1.165) is 37.5 Å². The van der Waals surface area contributed by atoms with Crippen molar-refractivity contribution in [3.63, 3.8) is 0 Å². The second kappa shape index (κ2) is 7.04. The molecule has 0 saturated heterocycles. The molecule has 0 unspecified atom stereocenters. The topological polar surface area (TPSA) is 9.23 Å². The van der Waals surface area contributed by atoms with E-state index in [4.69, 9.17) is 16.3 Å². The van der Waals surface area contributed by atoms with Gasteiger partial charge in [-0.05, 0) is 43.2 Å². The van der Waals surface area contributed by atoms with Gasteiger partial charge in [0.05, 0.1) is 6.61 Å². The maximum Gasteiger partial charge on any atom is 0.123 e. The first kappa shape index (κ1) is 15.4. The van der Waals surface area contributed by atoms with E-state index in [1.165, 1.54) is 11.1 Å². The average molecular weight is 269 g/mol. The first-order valence-corrected chi connectivity index (χ1v) is 7.28. The smallest absolute Gasteiger partial charge is 0.123 e. The highest BCUT2D eigenvalue weighted by Crippen LogP contribution is 2.32. The molecule has 1 nitrogen and oxygen atoms in total. The lowest BCUT2D eigenvalue weighted by molar-refractivity contribution is 0.298. The van der Waals surface area contributed by atoms with Crippen LogP contribution in [0.5, 0.6) is 5.75 Å². The van der Waals surface area contributed by atoms with Crippen LogP contribution in [0, 0.1) is 6.92 Å². The van der Waals surface area contributed by atoms with Crippen LogP contribution in [-0.2, 0) is 5.41 Å². The van der Waals surface area contributed by atoms with Crippen LogP contribution < -0.4 is 4.74 Å². The van der Waals surface area contributed by atoms with Gasteiger partial charge in [-0.2, -0.15) is 0 Å². The quantitative estimate of drug-likeness (QED) is 0.516. The highest BCUT2D eigenvalue weighted by Gasteiger charge is 2.18. The third-order valence-corrected chi connectivity index (χ3v) is 3.25. The molecule has 0 aliphatic rings. The van der Waals surface area contributed by atoms with Crippen molar-refractivity contribution in [2.24, 2.45) is 0 Å². The van der Waals surface area contributed by atoms with Crippen LogP contribution in [0.2, 0.25) is 0 Å². The molecular formula is C16H25ClO. The molecule has 0 spiro atoms. The lowest BCUT2D eigenvalue weighted by Gasteiger charge is -2.23. The molecule has 0 fully saturated rings. The number of benzene rings is 1. The molecular weight excluding hydrogens is 244 g/mol. The third kappa shape index (κ3) is 4.89. The Balaban J connectivity index is 2.65. The monoisotopic (exact) mass is 268 g/mol. The fourth-order valence-electron chi connectivity index (χ4n) is 1.91. The van der Waals surface area contributed by atoms with Gasteiger partial charge in [-0.1, -0.05) is 38.5 Å². The second-order valence-corrected chi connectivity index (χ2v) is 6.23. The zero-order valence-electron chi connectivity index (χ0n) is 12.1. The number of halogens is 1. The largest absolute Gasteiger partial charge is 0.493 e. The van der Waals surface area contributed by atoms with Crippen LogP contribution >= 0.6 is 11.6 Å². The van der Waals surface area contributed by atoms with Gasteiger partial charge in [0.15, 0.2) is 0 Å². The molecule has 0 aromatic heterocycles. The van der Waals surface area contributed by atoms with Crippen molar-refractivity contribution in [3.05, 3.63) is 29.3 Å². The van der Waals surface area contributed by atoms with Crippen molar-refractivity contribution in [2.45, 2.75) is 52.4 Å². The molecule has 0 aliphatic heterocycles. The second-order valence-electron chi connectivity index (χ2n) is 5.85. The molecule has 0 aliphatic carbocycles. The van der Waals surface area contributed by atoms with Gasteiger partial charge in [-0.15, -0.1) is 11.6 Å². The Morgan fingerprint density at radius 2 is 1.83 bits per heavy atom. The van der Waals surface area contributed by atoms with Gasteiger partial charge in [0.1, 0.15) is 5.75 Å². The predicted molar refractivity (Wildman–Crippen MR) is 79.9 cm³/mol. The van der Waals surface area contributed by atoms with Gasteiger partial charge in [0.25, 0.3) is 0 Å². The maximum absolute atomic E-state index is 5.92. The minimum absolute atomic E-state index is 0.123. The van der Waals surface area contributed by atoms with Gasteiger partial charge >= 0.3 is 0 Å². The van der Waals surface area contributed by atoms with Gasteiger partial charge in [-0.25, -0.2) is 0 Å². The molecule has 0 amide bonds. The van der Waals surface area contributed by atoms with Gasteiger partial charge in [0.2, 0.25) is 0 Å². The SMILES string of the molecule is Cc1ccc(OCCCCCCl)c(C(C)(C)C)c1. The van der Waals surface area contributed by atoms with E-state index in [0.29, 0.717) is 0 Å². The van der Waals surface area contributed by atoms with Crippen molar-refractivity contribution >= 4 is 11.6 Å². The highest BCUT2D eigenvalue weighted by molar-refractivity contribution is 6.17. The fraction of sp³-hybridized carbons (Fsp3) is 0.625.